The molecule has 23 heavy (non-hydrogen) atoms. The maximum Gasteiger partial charge on any atom is 0.334 e. The molecule has 0 radical (unpaired) electrons. The van der Waals surface area contributed by atoms with Gasteiger partial charge in [0.25, 0.3) is 0 Å². The van der Waals surface area contributed by atoms with Gasteiger partial charge >= 0.3 is 5.97 Å². The SMILES string of the molecule is C=CC=CC(C=CC#N)C(=C)C(=O)OC.C=Cc1ccccc1. The summed E-state index contributed by atoms with van der Waals surface area (Å²) in [7, 11) is 1.29. The van der Waals surface area contributed by atoms with Crippen molar-refractivity contribution in [1.82, 2.24) is 0 Å². The Bertz CT molecular complexity index is 619. The van der Waals surface area contributed by atoms with Crippen molar-refractivity contribution in [3.63, 3.8) is 0 Å². The van der Waals surface area contributed by atoms with E-state index in [0.29, 0.717) is 0 Å². The lowest BCUT2D eigenvalue weighted by Gasteiger charge is -2.08. The van der Waals surface area contributed by atoms with Crippen LogP contribution in [0.2, 0.25) is 0 Å². The molecule has 0 amide bonds. The molecule has 0 fully saturated rings. The number of hydrogen-bond acceptors (Lipinski definition) is 3. The van der Waals surface area contributed by atoms with Crippen molar-refractivity contribution in [2.75, 3.05) is 7.11 Å². The summed E-state index contributed by atoms with van der Waals surface area (Å²) >= 11 is 0. The Morgan fingerprint density at radius 2 is 1.91 bits per heavy atom. The molecule has 1 unspecified atom stereocenters. The first-order chi connectivity index (χ1) is 11.1. The average Bonchev–Trinajstić information content (AvgIpc) is 2.61. The van der Waals surface area contributed by atoms with Gasteiger partial charge in [0.05, 0.1) is 13.2 Å². The Labute approximate surface area is 138 Å². The van der Waals surface area contributed by atoms with E-state index in [1.165, 1.54) is 18.7 Å². The van der Waals surface area contributed by atoms with Gasteiger partial charge in [-0.05, 0) is 5.56 Å². The van der Waals surface area contributed by atoms with Crippen LogP contribution in [0.3, 0.4) is 0 Å². The largest absolute Gasteiger partial charge is 0.466 e. The zero-order chi connectivity index (χ0) is 17.5. The van der Waals surface area contributed by atoms with Crippen molar-refractivity contribution >= 4 is 12.0 Å². The van der Waals surface area contributed by atoms with Gasteiger partial charge in [0.2, 0.25) is 0 Å². The average molecular weight is 307 g/mol. The summed E-state index contributed by atoms with van der Waals surface area (Å²) in [5, 5.41) is 8.39. The minimum absolute atomic E-state index is 0.280. The summed E-state index contributed by atoms with van der Waals surface area (Å²) in [5.74, 6) is -0.827. The number of rotatable bonds is 6. The Kier molecular flexibility index (Phi) is 10.9. The lowest BCUT2D eigenvalue weighted by atomic mass is 9.99. The molecule has 0 aliphatic heterocycles. The minimum atomic E-state index is -0.490. The predicted molar refractivity (Wildman–Crippen MR) is 95.3 cm³/mol. The van der Waals surface area contributed by atoms with Crippen molar-refractivity contribution in [3.05, 3.63) is 91.6 Å². The zero-order valence-corrected chi connectivity index (χ0v) is 13.3. The fourth-order valence-corrected chi connectivity index (χ4v) is 1.50. The van der Waals surface area contributed by atoms with Crippen LogP contribution in [-0.2, 0) is 9.53 Å². The van der Waals surface area contributed by atoms with Gasteiger partial charge in [-0.3, -0.25) is 0 Å². The van der Waals surface area contributed by atoms with Crippen LogP contribution in [0.1, 0.15) is 5.56 Å². The van der Waals surface area contributed by atoms with Crippen molar-refractivity contribution in [2.45, 2.75) is 0 Å². The molecule has 1 atom stereocenters. The van der Waals surface area contributed by atoms with Crippen LogP contribution in [0.4, 0.5) is 0 Å². The van der Waals surface area contributed by atoms with Crippen molar-refractivity contribution < 1.29 is 9.53 Å². The van der Waals surface area contributed by atoms with Gasteiger partial charge in [0.15, 0.2) is 0 Å². The van der Waals surface area contributed by atoms with E-state index in [4.69, 9.17) is 5.26 Å². The van der Waals surface area contributed by atoms with Crippen LogP contribution in [0, 0.1) is 17.2 Å². The van der Waals surface area contributed by atoms with E-state index in [-0.39, 0.29) is 11.5 Å². The second kappa shape index (κ2) is 12.6. The van der Waals surface area contributed by atoms with Gasteiger partial charge in [-0.15, -0.1) is 0 Å². The van der Waals surface area contributed by atoms with Gasteiger partial charge < -0.3 is 4.74 Å². The van der Waals surface area contributed by atoms with Crippen LogP contribution in [-0.4, -0.2) is 13.1 Å². The number of nitriles is 1. The molecule has 1 aromatic rings. The highest BCUT2D eigenvalue weighted by Gasteiger charge is 2.13. The second-order valence-electron chi connectivity index (χ2n) is 4.27. The summed E-state index contributed by atoms with van der Waals surface area (Å²) in [6, 6.07) is 11.9. The molecule has 0 saturated heterocycles. The molecule has 118 valence electrons. The van der Waals surface area contributed by atoms with Crippen LogP contribution < -0.4 is 0 Å². The fraction of sp³-hybridized carbons (Fsp3) is 0.100. The first kappa shape index (κ1) is 19.9. The number of nitrogens with zero attached hydrogens (tertiary/aromatic N) is 1. The molecule has 0 spiro atoms. The summed E-state index contributed by atoms with van der Waals surface area (Å²) in [6.45, 7) is 10.8. The van der Waals surface area contributed by atoms with Gasteiger partial charge in [-0.25, -0.2) is 4.79 Å². The molecule has 0 heterocycles. The molecule has 3 nitrogen and oxygen atoms in total. The molecule has 0 aliphatic rings. The summed E-state index contributed by atoms with van der Waals surface area (Å²) in [5.41, 5.74) is 1.45. The predicted octanol–water partition coefficient (Wildman–Crippen LogP) is 4.48. The van der Waals surface area contributed by atoms with Gasteiger partial charge in [0.1, 0.15) is 0 Å². The third kappa shape index (κ3) is 8.69. The molecule has 0 saturated carbocycles. The minimum Gasteiger partial charge on any atom is -0.466 e. The number of hydrogen-bond donors (Lipinski definition) is 0. The molecule has 0 aliphatic carbocycles. The number of methoxy groups -OCH3 is 1. The Morgan fingerprint density at radius 1 is 1.26 bits per heavy atom. The molecule has 0 N–H and O–H groups in total. The Hall–Kier alpha value is -3.12. The van der Waals surface area contributed by atoms with E-state index in [1.807, 2.05) is 42.5 Å². The normalized spacial score (nSPS) is 11.0. The number of ether oxygens (including phenoxy) is 1. The molecule has 0 aromatic heterocycles. The Morgan fingerprint density at radius 3 is 2.35 bits per heavy atom. The van der Waals surface area contributed by atoms with Crippen LogP contribution in [0.15, 0.2) is 86.0 Å². The number of esters is 1. The Balaban J connectivity index is 0.000000502. The first-order valence-electron chi connectivity index (χ1n) is 6.90. The number of carbonyl (C=O) groups is 1. The first-order valence-corrected chi connectivity index (χ1v) is 6.90. The van der Waals surface area contributed by atoms with E-state index in [1.54, 1.807) is 24.3 Å². The van der Waals surface area contributed by atoms with Gasteiger partial charge in [0, 0.05) is 17.6 Å². The van der Waals surface area contributed by atoms with Crippen molar-refractivity contribution in [3.8, 4) is 6.07 Å². The molecular formula is C20H21NO2. The van der Waals surface area contributed by atoms with E-state index >= 15 is 0 Å². The summed E-state index contributed by atoms with van der Waals surface area (Å²) < 4.78 is 4.54. The van der Waals surface area contributed by atoms with Gasteiger partial charge in [-0.2, -0.15) is 5.26 Å². The standard InChI is InChI=1S/C12H13NO2.C8H8/c1-4-5-7-11(8-6-9-13)10(2)12(14)15-3;1-2-8-6-4-3-5-7-8/h4-8,11H,1-2H2,3H3;2-7H,1H2. The van der Waals surface area contributed by atoms with Crippen molar-refractivity contribution in [2.24, 2.45) is 5.92 Å². The molecular weight excluding hydrogens is 286 g/mol. The van der Waals surface area contributed by atoms with Gasteiger partial charge in [-0.1, -0.05) is 80.4 Å². The number of allylic oxidation sites excluding steroid dienone is 5. The highest BCUT2D eigenvalue weighted by Crippen LogP contribution is 2.14. The molecule has 1 aromatic carbocycles. The third-order valence-electron chi connectivity index (χ3n) is 2.72. The van der Waals surface area contributed by atoms with Crippen LogP contribution >= 0.6 is 0 Å². The van der Waals surface area contributed by atoms with Crippen LogP contribution in [0.5, 0.6) is 0 Å². The zero-order valence-electron chi connectivity index (χ0n) is 13.3. The van der Waals surface area contributed by atoms with E-state index in [0.717, 1.165) is 0 Å². The van der Waals surface area contributed by atoms with E-state index in [9.17, 15) is 4.79 Å². The summed E-state index contributed by atoms with van der Waals surface area (Å²) in [4.78, 5) is 11.2. The molecule has 1 rings (SSSR count). The quantitative estimate of drug-likeness (QED) is 0.337. The fourth-order valence-electron chi connectivity index (χ4n) is 1.50. The number of carbonyl (C=O) groups excluding carboxylic acids is 1. The lowest BCUT2D eigenvalue weighted by Crippen LogP contribution is -2.10. The second-order valence-corrected chi connectivity index (χ2v) is 4.27. The third-order valence-corrected chi connectivity index (χ3v) is 2.72. The monoisotopic (exact) mass is 307 g/mol. The highest BCUT2D eigenvalue weighted by atomic mass is 16.5. The summed E-state index contributed by atoms with van der Waals surface area (Å²) in [6.07, 6.45) is 9.67. The maximum absolute atomic E-state index is 11.2. The molecule has 0 bridgehead atoms. The smallest absolute Gasteiger partial charge is 0.334 e. The van der Waals surface area contributed by atoms with E-state index < -0.39 is 5.97 Å². The van der Waals surface area contributed by atoms with Crippen LogP contribution in [0.25, 0.3) is 6.08 Å². The van der Waals surface area contributed by atoms with Crippen molar-refractivity contribution in [1.29, 1.82) is 5.26 Å². The number of benzene rings is 1. The topological polar surface area (TPSA) is 50.1 Å². The maximum atomic E-state index is 11.2. The lowest BCUT2D eigenvalue weighted by molar-refractivity contribution is -0.136. The van der Waals surface area contributed by atoms with E-state index in [2.05, 4.69) is 24.5 Å². The molecule has 3 heteroatoms. The highest BCUT2D eigenvalue weighted by molar-refractivity contribution is 5.89.